The standard InChI is InChI=1S/C19H20ClN3O/c1-14(22-19(12-24)16-2-6-17(20)7-3-16)15-4-8-18(9-5-15)23-11-10-21-13-23/h2-11,13-14,19,22,24H,12H2,1H3. The van der Waals surface area contributed by atoms with Crippen LogP contribution >= 0.6 is 11.6 Å². The monoisotopic (exact) mass is 341 g/mol. The number of hydrogen-bond acceptors (Lipinski definition) is 3. The first-order chi connectivity index (χ1) is 11.7. The predicted molar refractivity (Wildman–Crippen MR) is 96.4 cm³/mol. The Kier molecular flexibility index (Phi) is 5.30. The van der Waals surface area contributed by atoms with Crippen molar-refractivity contribution in [1.29, 1.82) is 0 Å². The molecule has 1 aromatic heterocycles. The summed E-state index contributed by atoms with van der Waals surface area (Å²) >= 11 is 5.93. The fourth-order valence-electron chi connectivity index (χ4n) is 2.69. The van der Waals surface area contributed by atoms with E-state index in [9.17, 15) is 5.11 Å². The van der Waals surface area contributed by atoms with Crippen LogP contribution in [0.2, 0.25) is 5.02 Å². The number of nitrogens with zero attached hydrogens (tertiary/aromatic N) is 2. The average molecular weight is 342 g/mol. The molecule has 2 unspecified atom stereocenters. The van der Waals surface area contributed by atoms with E-state index in [-0.39, 0.29) is 18.7 Å². The topological polar surface area (TPSA) is 50.1 Å². The molecule has 3 aromatic rings. The number of imidazole rings is 1. The molecule has 24 heavy (non-hydrogen) atoms. The van der Waals surface area contributed by atoms with E-state index >= 15 is 0 Å². The van der Waals surface area contributed by atoms with Crippen LogP contribution < -0.4 is 5.32 Å². The van der Waals surface area contributed by atoms with Crippen LogP contribution in [0.15, 0.2) is 67.3 Å². The summed E-state index contributed by atoms with van der Waals surface area (Å²) in [6.07, 6.45) is 5.45. The van der Waals surface area contributed by atoms with Crippen molar-refractivity contribution < 1.29 is 5.11 Å². The van der Waals surface area contributed by atoms with Gasteiger partial charge in [-0.2, -0.15) is 0 Å². The minimum Gasteiger partial charge on any atom is -0.394 e. The lowest BCUT2D eigenvalue weighted by molar-refractivity contribution is 0.235. The van der Waals surface area contributed by atoms with Crippen molar-refractivity contribution in [2.45, 2.75) is 19.0 Å². The Morgan fingerprint density at radius 2 is 1.75 bits per heavy atom. The minimum absolute atomic E-state index is 0.0269. The van der Waals surface area contributed by atoms with Crippen molar-refractivity contribution in [1.82, 2.24) is 14.9 Å². The van der Waals surface area contributed by atoms with Gasteiger partial charge in [0.2, 0.25) is 0 Å². The third-order valence-corrected chi connectivity index (χ3v) is 4.35. The maximum atomic E-state index is 9.71. The van der Waals surface area contributed by atoms with E-state index in [2.05, 4.69) is 41.5 Å². The number of halogens is 1. The van der Waals surface area contributed by atoms with Gasteiger partial charge in [0.25, 0.3) is 0 Å². The third kappa shape index (κ3) is 3.85. The molecule has 3 rings (SSSR count). The molecule has 2 atom stereocenters. The molecule has 4 nitrogen and oxygen atoms in total. The average Bonchev–Trinajstić information content (AvgIpc) is 3.15. The normalized spacial score (nSPS) is 13.6. The van der Waals surface area contributed by atoms with Crippen molar-refractivity contribution in [3.63, 3.8) is 0 Å². The summed E-state index contributed by atoms with van der Waals surface area (Å²) in [5.41, 5.74) is 3.25. The summed E-state index contributed by atoms with van der Waals surface area (Å²) < 4.78 is 1.96. The fraction of sp³-hybridized carbons (Fsp3) is 0.211. The summed E-state index contributed by atoms with van der Waals surface area (Å²) in [5.74, 6) is 0. The highest BCUT2D eigenvalue weighted by Crippen LogP contribution is 2.22. The van der Waals surface area contributed by atoms with E-state index in [0.717, 1.165) is 16.8 Å². The van der Waals surface area contributed by atoms with E-state index in [0.29, 0.717) is 5.02 Å². The van der Waals surface area contributed by atoms with Crippen LogP contribution in [-0.4, -0.2) is 21.3 Å². The van der Waals surface area contributed by atoms with Crippen molar-refractivity contribution in [2.24, 2.45) is 0 Å². The van der Waals surface area contributed by atoms with Gasteiger partial charge in [0, 0.05) is 29.1 Å². The zero-order valence-electron chi connectivity index (χ0n) is 13.4. The highest BCUT2D eigenvalue weighted by atomic mass is 35.5. The molecule has 0 bridgehead atoms. The van der Waals surface area contributed by atoms with E-state index in [1.807, 2.05) is 35.0 Å². The van der Waals surface area contributed by atoms with Gasteiger partial charge in [0.1, 0.15) is 0 Å². The van der Waals surface area contributed by atoms with Crippen LogP contribution in [0, 0.1) is 0 Å². The van der Waals surface area contributed by atoms with Crippen LogP contribution in [0.5, 0.6) is 0 Å². The molecule has 2 N–H and O–H groups in total. The van der Waals surface area contributed by atoms with Gasteiger partial charge in [-0.3, -0.25) is 0 Å². The molecular formula is C19H20ClN3O. The molecular weight excluding hydrogens is 322 g/mol. The van der Waals surface area contributed by atoms with Crippen LogP contribution in [0.4, 0.5) is 0 Å². The number of aliphatic hydroxyl groups excluding tert-OH is 1. The maximum absolute atomic E-state index is 9.71. The van der Waals surface area contributed by atoms with E-state index in [1.54, 1.807) is 12.5 Å². The van der Waals surface area contributed by atoms with Gasteiger partial charge < -0.3 is 15.0 Å². The molecule has 124 valence electrons. The van der Waals surface area contributed by atoms with E-state index in [4.69, 9.17) is 11.6 Å². The van der Waals surface area contributed by atoms with Crippen LogP contribution in [0.3, 0.4) is 0 Å². The molecule has 2 aromatic carbocycles. The van der Waals surface area contributed by atoms with Crippen molar-refractivity contribution in [2.75, 3.05) is 6.61 Å². The van der Waals surface area contributed by atoms with Crippen molar-refractivity contribution >= 4 is 11.6 Å². The van der Waals surface area contributed by atoms with Gasteiger partial charge in [-0.1, -0.05) is 35.9 Å². The minimum atomic E-state index is -0.134. The predicted octanol–water partition coefficient (Wildman–Crippen LogP) is 3.91. The van der Waals surface area contributed by atoms with E-state index < -0.39 is 0 Å². The van der Waals surface area contributed by atoms with Gasteiger partial charge in [0.15, 0.2) is 0 Å². The first-order valence-corrected chi connectivity index (χ1v) is 8.26. The first kappa shape index (κ1) is 16.7. The zero-order chi connectivity index (χ0) is 16.9. The number of aliphatic hydroxyl groups is 1. The number of benzene rings is 2. The van der Waals surface area contributed by atoms with Gasteiger partial charge in [-0.15, -0.1) is 0 Å². The molecule has 5 heteroatoms. The molecule has 0 saturated heterocycles. The van der Waals surface area contributed by atoms with Crippen LogP contribution in [0.25, 0.3) is 5.69 Å². The number of hydrogen-bond donors (Lipinski definition) is 2. The molecule has 0 aliphatic heterocycles. The summed E-state index contributed by atoms with van der Waals surface area (Å²) in [6.45, 7) is 2.11. The summed E-state index contributed by atoms with van der Waals surface area (Å²) in [4.78, 5) is 4.06. The van der Waals surface area contributed by atoms with Crippen molar-refractivity contribution in [3.05, 3.63) is 83.4 Å². The Labute approximate surface area is 146 Å². The van der Waals surface area contributed by atoms with Gasteiger partial charge in [-0.25, -0.2) is 4.98 Å². The largest absolute Gasteiger partial charge is 0.394 e. The Hall–Kier alpha value is -2.14. The second-order valence-electron chi connectivity index (χ2n) is 5.74. The van der Waals surface area contributed by atoms with Crippen LogP contribution in [0.1, 0.15) is 30.1 Å². The lowest BCUT2D eigenvalue weighted by atomic mass is 10.0. The molecule has 0 saturated carbocycles. The highest BCUT2D eigenvalue weighted by molar-refractivity contribution is 6.30. The maximum Gasteiger partial charge on any atom is 0.0991 e. The van der Waals surface area contributed by atoms with Gasteiger partial charge in [0.05, 0.1) is 19.0 Å². The quantitative estimate of drug-likeness (QED) is 0.714. The second kappa shape index (κ2) is 7.62. The zero-order valence-corrected chi connectivity index (χ0v) is 14.2. The van der Waals surface area contributed by atoms with Gasteiger partial charge in [-0.05, 0) is 42.3 Å². The summed E-state index contributed by atoms with van der Waals surface area (Å²) in [7, 11) is 0. The first-order valence-electron chi connectivity index (χ1n) is 7.88. The Bertz CT molecular complexity index is 754. The SMILES string of the molecule is CC(NC(CO)c1ccc(Cl)cc1)c1ccc(-n2ccnc2)cc1. The van der Waals surface area contributed by atoms with E-state index in [1.165, 1.54) is 0 Å². The van der Waals surface area contributed by atoms with Crippen LogP contribution in [-0.2, 0) is 0 Å². The molecule has 0 aliphatic carbocycles. The molecule has 0 radical (unpaired) electrons. The second-order valence-corrected chi connectivity index (χ2v) is 6.17. The number of rotatable bonds is 6. The molecule has 0 spiro atoms. The Morgan fingerprint density at radius 1 is 1.08 bits per heavy atom. The molecule has 1 heterocycles. The summed E-state index contributed by atoms with van der Waals surface area (Å²) in [6, 6.07) is 15.8. The smallest absolute Gasteiger partial charge is 0.0991 e. The fourth-order valence-corrected chi connectivity index (χ4v) is 2.82. The molecule has 0 amide bonds. The van der Waals surface area contributed by atoms with Gasteiger partial charge >= 0.3 is 0 Å². The lowest BCUT2D eigenvalue weighted by Crippen LogP contribution is -2.27. The lowest BCUT2D eigenvalue weighted by Gasteiger charge is -2.23. The highest BCUT2D eigenvalue weighted by Gasteiger charge is 2.14. The number of nitrogens with one attached hydrogen (secondary N) is 1. The van der Waals surface area contributed by atoms with Crippen molar-refractivity contribution in [3.8, 4) is 5.69 Å². The Balaban J connectivity index is 1.71. The Morgan fingerprint density at radius 3 is 2.33 bits per heavy atom. The summed E-state index contributed by atoms with van der Waals surface area (Å²) in [5, 5.41) is 13.9. The molecule has 0 fully saturated rings. The number of aromatic nitrogens is 2. The molecule has 0 aliphatic rings. The third-order valence-electron chi connectivity index (χ3n) is 4.10.